The van der Waals surface area contributed by atoms with E-state index in [1.807, 2.05) is 16.8 Å². The van der Waals surface area contributed by atoms with E-state index in [4.69, 9.17) is 11.6 Å². The Hall–Kier alpha value is -2.65. The van der Waals surface area contributed by atoms with Crippen molar-refractivity contribution < 1.29 is 10.1 Å². The molecular formula is C22H21ClN3OS+. The van der Waals surface area contributed by atoms with E-state index in [-0.39, 0.29) is 18.5 Å². The second kappa shape index (κ2) is 9.52. The summed E-state index contributed by atoms with van der Waals surface area (Å²) in [6, 6.07) is 19.6. The monoisotopic (exact) mass is 410 g/mol. The van der Waals surface area contributed by atoms with Gasteiger partial charge in [-0.15, -0.1) is 11.3 Å². The third-order valence-corrected chi connectivity index (χ3v) is 5.70. The normalized spacial score (nSPS) is 11.6. The molecule has 0 fully saturated rings. The zero-order valence-electron chi connectivity index (χ0n) is 15.5. The van der Waals surface area contributed by atoms with E-state index in [2.05, 4.69) is 48.6 Å². The molecule has 0 spiro atoms. The number of anilines is 1. The molecule has 1 aromatic heterocycles. The first-order chi connectivity index (χ1) is 13.6. The number of quaternary nitrogens is 1. The molecule has 0 unspecified atom stereocenters. The van der Waals surface area contributed by atoms with Crippen LogP contribution in [0.25, 0.3) is 0 Å². The summed E-state index contributed by atoms with van der Waals surface area (Å²) in [4.78, 5) is 13.7. The maximum Gasteiger partial charge on any atom is 0.279 e. The quantitative estimate of drug-likeness (QED) is 0.614. The lowest BCUT2D eigenvalue weighted by Gasteiger charge is -2.15. The van der Waals surface area contributed by atoms with E-state index >= 15 is 0 Å². The molecule has 6 heteroatoms. The van der Waals surface area contributed by atoms with E-state index in [0.29, 0.717) is 16.3 Å². The lowest BCUT2D eigenvalue weighted by molar-refractivity contribution is -0.675. The first kappa shape index (κ1) is 20.1. The number of rotatable bonds is 7. The number of nitrogens with one attached hydrogen (secondary N) is 1. The summed E-state index contributed by atoms with van der Waals surface area (Å²) in [5.74, 6) is -0.175. The molecule has 1 atom stereocenters. The fraction of sp³-hybridized carbons (Fsp3) is 0.182. The predicted octanol–water partition coefficient (Wildman–Crippen LogP) is 4.13. The van der Waals surface area contributed by atoms with Crippen LogP contribution >= 0.6 is 22.9 Å². The molecule has 28 heavy (non-hydrogen) atoms. The zero-order chi connectivity index (χ0) is 19.9. The van der Waals surface area contributed by atoms with E-state index in [9.17, 15) is 10.1 Å². The van der Waals surface area contributed by atoms with Crippen molar-refractivity contribution in [1.82, 2.24) is 0 Å². The lowest BCUT2D eigenvalue weighted by Crippen LogP contribution is -2.87. The predicted molar refractivity (Wildman–Crippen MR) is 114 cm³/mol. The number of benzene rings is 2. The van der Waals surface area contributed by atoms with Crippen LogP contribution in [0, 0.1) is 11.3 Å². The maximum atomic E-state index is 12.5. The third kappa shape index (κ3) is 4.99. The second-order valence-corrected chi connectivity index (χ2v) is 7.79. The van der Waals surface area contributed by atoms with Gasteiger partial charge < -0.3 is 10.6 Å². The molecular weight excluding hydrogens is 390 g/mol. The van der Waals surface area contributed by atoms with Gasteiger partial charge >= 0.3 is 0 Å². The van der Waals surface area contributed by atoms with Crippen molar-refractivity contribution in [2.75, 3.05) is 11.9 Å². The molecule has 0 radical (unpaired) electrons. The molecule has 1 amide bonds. The topological polar surface area (TPSA) is 69.5 Å². The standard InChI is InChI=1S/C22H20ClN3OS/c1-2-15-5-7-16(8-6-15)22(20-4-3-11-28-20)25-14-21(27)26-19-12-18(23)10-9-17(19)13-24/h3-12,22,25H,2,14H2,1H3,(H,26,27)/p+1/t22-/m0/s1. The van der Waals surface area contributed by atoms with Gasteiger partial charge in [-0.3, -0.25) is 4.79 Å². The van der Waals surface area contributed by atoms with Gasteiger partial charge in [-0.25, -0.2) is 0 Å². The van der Waals surface area contributed by atoms with E-state index in [1.165, 1.54) is 10.4 Å². The van der Waals surface area contributed by atoms with Crippen molar-refractivity contribution >= 4 is 34.5 Å². The molecule has 3 aromatic rings. The molecule has 0 bridgehead atoms. The van der Waals surface area contributed by atoms with Crippen molar-refractivity contribution in [3.05, 3.63) is 86.6 Å². The smallest absolute Gasteiger partial charge is 0.279 e. The third-order valence-electron chi connectivity index (χ3n) is 4.51. The van der Waals surface area contributed by atoms with Crippen LogP contribution in [0.5, 0.6) is 0 Å². The number of amides is 1. The summed E-state index contributed by atoms with van der Waals surface area (Å²) in [5, 5.41) is 16.5. The van der Waals surface area contributed by atoms with E-state index < -0.39 is 0 Å². The van der Waals surface area contributed by atoms with E-state index in [0.717, 1.165) is 12.0 Å². The molecule has 0 saturated heterocycles. The Balaban J connectivity index is 1.72. The van der Waals surface area contributed by atoms with Crippen molar-refractivity contribution in [2.45, 2.75) is 19.4 Å². The van der Waals surface area contributed by atoms with Gasteiger partial charge in [-0.1, -0.05) is 48.9 Å². The molecule has 3 N–H and O–H groups in total. The van der Waals surface area contributed by atoms with Gasteiger partial charge in [0.2, 0.25) is 0 Å². The van der Waals surface area contributed by atoms with Crippen molar-refractivity contribution in [1.29, 1.82) is 5.26 Å². The van der Waals surface area contributed by atoms with Crippen LogP contribution < -0.4 is 10.6 Å². The minimum Gasteiger partial charge on any atom is -0.328 e. The number of nitrogens with zero attached hydrogens (tertiary/aromatic N) is 1. The Bertz CT molecular complexity index is 978. The van der Waals surface area contributed by atoms with Gasteiger partial charge in [0.15, 0.2) is 6.54 Å². The number of aryl methyl sites for hydroxylation is 1. The van der Waals surface area contributed by atoms with Crippen LogP contribution in [-0.2, 0) is 11.2 Å². The fourth-order valence-electron chi connectivity index (χ4n) is 2.99. The zero-order valence-corrected chi connectivity index (χ0v) is 17.1. The Labute approximate surface area is 173 Å². The number of nitrogens with two attached hydrogens (primary N) is 1. The number of hydrogen-bond acceptors (Lipinski definition) is 3. The molecule has 3 rings (SSSR count). The molecule has 142 valence electrons. The van der Waals surface area contributed by atoms with Crippen molar-refractivity contribution in [2.24, 2.45) is 0 Å². The van der Waals surface area contributed by atoms with Gasteiger partial charge in [0, 0.05) is 10.6 Å². The first-order valence-corrected chi connectivity index (χ1v) is 10.3. The van der Waals surface area contributed by atoms with Gasteiger partial charge in [-0.2, -0.15) is 5.26 Å². The second-order valence-electron chi connectivity index (χ2n) is 6.38. The lowest BCUT2D eigenvalue weighted by atomic mass is 10.0. The highest BCUT2D eigenvalue weighted by molar-refractivity contribution is 7.10. The number of hydrogen-bond donors (Lipinski definition) is 2. The van der Waals surface area contributed by atoms with Crippen LogP contribution in [0.1, 0.15) is 34.5 Å². The Morgan fingerprint density at radius 1 is 1.25 bits per heavy atom. The van der Waals surface area contributed by atoms with Crippen LogP contribution in [0.15, 0.2) is 60.0 Å². The molecule has 2 aromatic carbocycles. The maximum absolute atomic E-state index is 12.5. The number of nitriles is 1. The van der Waals surface area contributed by atoms with Gasteiger partial charge in [0.25, 0.3) is 5.91 Å². The molecule has 0 aliphatic carbocycles. The van der Waals surface area contributed by atoms with Gasteiger partial charge in [-0.05, 0) is 41.6 Å². The first-order valence-electron chi connectivity index (χ1n) is 9.05. The minimum atomic E-state index is -0.175. The Morgan fingerprint density at radius 2 is 2.04 bits per heavy atom. The summed E-state index contributed by atoms with van der Waals surface area (Å²) in [6.07, 6.45) is 0.997. The Kier molecular flexibility index (Phi) is 6.83. The van der Waals surface area contributed by atoms with Gasteiger partial charge in [0.05, 0.1) is 16.1 Å². The highest BCUT2D eigenvalue weighted by atomic mass is 35.5. The molecule has 0 saturated carbocycles. The summed E-state index contributed by atoms with van der Waals surface area (Å²) < 4.78 is 0. The SMILES string of the molecule is CCc1ccc([C@H]([NH2+]CC(=O)Nc2cc(Cl)ccc2C#N)c2cccs2)cc1. The molecule has 1 heterocycles. The highest BCUT2D eigenvalue weighted by Crippen LogP contribution is 2.23. The average molecular weight is 411 g/mol. The number of carbonyl (C=O) groups excluding carboxylic acids is 1. The minimum absolute atomic E-state index is 0.0476. The molecule has 0 aliphatic heterocycles. The highest BCUT2D eigenvalue weighted by Gasteiger charge is 2.20. The largest absolute Gasteiger partial charge is 0.328 e. The summed E-state index contributed by atoms with van der Waals surface area (Å²) >= 11 is 7.67. The van der Waals surface area contributed by atoms with Crippen molar-refractivity contribution in [3.63, 3.8) is 0 Å². The number of thiophene rings is 1. The number of halogens is 1. The summed E-state index contributed by atoms with van der Waals surface area (Å²) in [6.45, 7) is 2.36. The molecule has 0 aliphatic rings. The number of carbonyl (C=O) groups is 1. The van der Waals surface area contributed by atoms with Crippen LogP contribution in [-0.4, -0.2) is 12.5 Å². The van der Waals surface area contributed by atoms with E-state index in [1.54, 1.807) is 29.5 Å². The molecule has 4 nitrogen and oxygen atoms in total. The van der Waals surface area contributed by atoms with Crippen LogP contribution in [0.3, 0.4) is 0 Å². The fourth-order valence-corrected chi connectivity index (χ4v) is 4.01. The van der Waals surface area contributed by atoms with Crippen LogP contribution in [0.2, 0.25) is 5.02 Å². The Morgan fingerprint density at radius 3 is 2.68 bits per heavy atom. The van der Waals surface area contributed by atoms with Crippen LogP contribution in [0.4, 0.5) is 5.69 Å². The summed E-state index contributed by atoms with van der Waals surface area (Å²) in [5.41, 5.74) is 3.28. The average Bonchev–Trinajstić information content (AvgIpc) is 3.23. The van der Waals surface area contributed by atoms with Crippen molar-refractivity contribution in [3.8, 4) is 6.07 Å². The van der Waals surface area contributed by atoms with Gasteiger partial charge in [0.1, 0.15) is 12.1 Å². The summed E-state index contributed by atoms with van der Waals surface area (Å²) in [7, 11) is 0.